The van der Waals surface area contributed by atoms with Crippen LogP contribution in [-0.2, 0) is 25.4 Å². The highest BCUT2D eigenvalue weighted by atomic mass is 16.5. The molecule has 1 aliphatic heterocycles. The van der Waals surface area contributed by atoms with Crippen LogP contribution in [0.2, 0.25) is 0 Å². The molecule has 0 saturated heterocycles. The number of ether oxygens (including phenoxy) is 2. The van der Waals surface area contributed by atoms with Gasteiger partial charge in [0.05, 0.1) is 36.0 Å². The van der Waals surface area contributed by atoms with Crippen LogP contribution >= 0.6 is 0 Å². The Morgan fingerprint density at radius 2 is 1.76 bits per heavy atom. The number of aryl methyl sites for hydroxylation is 1. The molecule has 0 amide bonds. The van der Waals surface area contributed by atoms with Gasteiger partial charge >= 0.3 is 5.69 Å². The molecule has 1 aliphatic rings. The van der Waals surface area contributed by atoms with Crippen molar-refractivity contribution in [3.05, 3.63) is 74.6 Å². The lowest BCUT2D eigenvalue weighted by Gasteiger charge is -2.28. The molecular formula is C24H23N3O6. The van der Waals surface area contributed by atoms with E-state index in [9.17, 15) is 19.8 Å². The fourth-order valence-electron chi connectivity index (χ4n) is 4.62. The molecule has 5 rings (SSSR count). The third kappa shape index (κ3) is 3.04. The molecule has 170 valence electrons. The number of nitrogens with zero attached hydrogens (tertiary/aromatic N) is 3. The molecule has 0 bridgehead atoms. The summed E-state index contributed by atoms with van der Waals surface area (Å²) in [6, 6.07) is 11.6. The Labute approximate surface area is 188 Å². The van der Waals surface area contributed by atoms with Crippen molar-refractivity contribution in [2.75, 3.05) is 13.7 Å². The Morgan fingerprint density at radius 1 is 1.03 bits per heavy atom. The monoisotopic (exact) mass is 449 g/mol. The van der Waals surface area contributed by atoms with E-state index in [-0.39, 0.29) is 11.5 Å². The summed E-state index contributed by atoms with van der Waals surface area (Å²) in [5.74, 6) is 0.597. The Kier molecular flexibility index (Phi) is 4.79. The predicted octanol–water partition coefficient (Wildman–Crippen LogP) is 2.25. The molecule has 0 fully saturated rings. The van der Waals surface area contributed by atoms with E-state index < -0.39 is 17.4 Å². The van der Waals surface area contributed by atoms with Crippen LogP contribution in [-0.4, -0.2) is 37.6 Å². The Hall–Kier alpha value is -3.98. The van der Waals surface area contributed by atoms with Gasteiger partial charge < -0.3 is 24.3 Å². The van der Waals surface area contributed by atoms with Gasteiger partial charge in [-0.15, -0.1) is 0 Å². The van der Waals surface area contributed by atoms with Gasteiger partial charge in [-0.1, -0.05) is 0 Å². The maximum Gasteiger partial charge on any atom is 0.331 e. The number of fused-ring (bicyclic) bond motifs is 3. The Morgan fingerprint density at radius 3 is 2.45 bits per heavy atom. The van der Waals surface area contributed by atoms with E-state index in [0.717, 1.165) is 10.1 Å². The first-order valence-corrected chi connectivity index (χ1v) is 10.4. The van der Waals surface area contributed by atoms with Crippen molar-refractivity contribution in [1.82, 2.24) is 13.7 Å². The first-order valence-electron chi connectivity index (χ1n) is 10.4. The van der Waals surface area contributed by atoms with Crippen molar-refractivity contribution < 1.29 is 19.7 Å². The summed E-state index contributed by atoms with van der Waals surface area (Å²) in [6.45, 7) is 0.754. The van der Waals surface area contributed by atoms with Gasteiger partial charge in [-0.2, -0.15) is 0 Å². The summed E-state index contributed by atoms with van der Waals surface area (Å²) >= 11 is 0. The van der Waals surface area contributed by atoms with E-state index in [0.29, 0.717) is 46.8 Å². The quantitative estimate of drug-likeness (QED) is 0.465. The lowest BCUT2D eigenvalue weighted by molar-refractivity contribution is 0.0463. The second kappa shape index (κ2) is 7.56. The number of hydrogen-bond acceptors (Lipinski definition) is 6. The summed E-state index contributed by atoms with van der Waals surface area (Å²) in [5.41, 5.74) is 1.91. The van der Waals surface area contributed by atoms with Gasteiger partial charge in [-0.25, -0.2) is 4.79 Å². The van der Waals surface area contributed by atoms with E-state index in [1.165, 1.54) is 29.8 Å². The van der Waals surface area contributed by atoms with Crippen LogP contribution in [0.4, 0.5) is 0 Å². The van der Waals surface area contributed by atoms with Crippen LogP contribution < -0.4 is 16.0 Å². The SMILES string of the molecule is COc1ccc(-c2c3c(=O)n(C)c(=O)n(C)c3c3n2CCO[C@@H]3c2cc(O)ccc2O)cc1. The van der Waals surface area contributed by atoms with Crippen molar-refractivity contribution in [3.8, 4) is 28.5 Å². The Balaban J connectivity index is 1.93. The molecule has 9 heteroatoms. The lowest BCUT2D eigenvalue weighted by Crippen LogP contribution is -2.37. The van der Waals surface area contributed by atoms with Crippen LogP contribution in [0, 0.1) is 0 Å². The highest BCUT2D eigenvalue weighted by Gasteiger charge is 2.34. The molecule has 33 heavy (non-hydrogen) atoms. The normalized spacial score (nSPS) is 15.5. The highest BCUT2D eigenvalue weighted by Crippen LogP contribution is 2.43. The summed E-state index contributed by atoms with van der Waals surface area (Å²) in [4.78, 5) is 26.2. The minimum Gasteiger partial charge on any atom is -0.508 e. The van der Waals surface area contributed by atoms with Crippen LogP contribution in [0.3, 0.4) is 0 Å². The lowest BCUT2D eigenvalue weighted by atomic mass is 10.0. The minimum atomic E-state index is -0.793. The zero-order valence-electron chi connectivity index (χ0n) is 18.4. The van der Waals surface area contributed by atoms with Crippen molar-refractivity contribution in [3.63, 3.8) is 0 Å². The Bertz CT molecular complexity index is 1510. The average molecular weight is 449 g/mol. The van der Waals surface area contributed by atoms with Crippen molar-refractivity contribution in [2.24, 2.45) is 14.1 Å². The smallest absolute Gasteiger partial charge is 0.331 e. The standard InChI is InChI=1S/C24H23N3O6/c1-25-20-18(23(30)26(2)24(25)31)19(13-4-7-15(32-3)8-5-13)27-10-11-33-22(21(20)27)16-12-14(28)6-9-17(16)29/h4-9,12,22,28-29H,10-11H2,1-3H3/t22-/m1/s1. The fourth-order valence-corrected chi connectivity index (χ4v) is 4.62. The average Bonchev–Trinajstić information content (AvgIpc) is 3.18. The summed E-state index contributed by atoms with van der Waals surface area (Å²) in [7, 11) is 4.64. The maximum atomic E-state index is 13.4. The predicted molar refractivity (Wildman–Crippen MR) is 122 cm³/mol. The molecule has 0 aliphatic carbocycles. The van der Waals surface area contributed by atoms with E-state index in [2.05, 4.69) is 0 Å². The minimum absolute atomic E-state index is 0.0282. The second-order valence-corrected chi connectivity index (χ2v) is 8.04. The number of aromatic hydroxyl groups is 2. The van der Waals surface area contributed by atoms with Crippen LogP contribution in [0.5, 0.6) is 17.2 Å². The topological polar surface area (TPSA) is 108 Å². The van der Waals surface area contributed by atoms with E-state index in [4.69, 9.17) is 9.47 Å². The molecule has 9 nitrogen and oxygen atoms in total. The number of rotatable bonds is 3. The zero-order valence-corrected chi connectivity index (χ0v) is 18.4. The van der Waals surface area contributed by atoms with E-state index in [1.807, 2.05) is 28.8 Å². The van der Waals surface area contributed by atoms with Crippen LogP contribution in [0.1, 0.15) is 17.4 Å². The fraction of sp³-hybridized carbons (Fsp3) is 0.250. The molecule has 0 unspecified atom stereocenters. The number of phenolic OH excluding ortho intramolecular Hbond substituents is 2. The summed E-state index contributed by atoms with van der Waals surface area (Å²) < 4.78 is 15.8. The molecule has 2 aromatic heterocycles. The first kappa shape index (κ1) is 20.9. The molecule has 2 N–H and O–H groups in total. The van der Waals surface area contributed by atoms with Crippen LogP contribution in [0.15, 0.2) is 52.1 Å². The number of aromatic nitrogens is 3. The highest BCUT2D eigenvalue weighted by molar-refractivity contribution is 5.96. The van der Waals surface area contributed by atoms with Crippen LogP contribution in [0.25, 0.3) is 22.2 Å². The number of hydrogen-bond donors (Lipinski definition) is 2. The molecule has 2 aromatic carbocycles. The van der Waals surface area contributed by atoms with Crippen molar-refractivity contribution >= 4 is 10.9 Å². The van der Waals surface area contributed by atoms with E-state index in [1.54, 1.807) is 14.2 Å². The molecule has 1 atom stereocenters. The molecule has 3 heterocycles. The number of methoxy groups -OCH3 is 1. The largest absolute Gasteiger partial charge is 0.508 e. The van der Waals surface area contributed by atoms with Gasteiger partial charge in [0.1, 0.15) is 23.4 Å². The zero-order chi connectivity index (χ0) is 23.4. The molecule has 0 spiro atoms. The third-order valence-corrected chi connectivity index (χ3v) is 6.21. The summed E-state index contributed by atoms with van der Waals surface area (Å²) in [6.07, 6.45) is -0.793. The van der Waals surface area contributed by atoms with Gasteiger partial charge in [0.25, 0.3) is 5.56 Å². The van der Waals surface area contributed by atoms with Crippen molar-refractivity contribution in [2.45, 2.75) is 12.6 Å². The van der Waals surface area contributed by atoms with Gasteiger partial charge in [0.15, 0.2) is 0 Å². The summed E-state index contributed by atoms with van der Waals surface area (Å²) in [5, 5.41) is 21.0. The first-order chi connectivity index (χ1) is 15.8. The number of phenols is 2. The third-order valence-electron chi connectivity index (χ3n) is 6.21. The van der Waals surface area contributed by atoms with Crippen molar-refractivity contribution in [1.29, 1.82) is 0 Å². The molecule has 0 saturated carbocycles. The molecular weight excluding hydrogens is 426 g/mol. The van der Waals surface area contributed by atoms with Gasteiger partial charge in [0.2, 0.25) is 0 Å². The molecule has 0 radical (unpaired) electrons. The van der Waals surface area contributed by atoms with Gasteiger partial charge in [-0.05, 0) is 48.0 Å². The maximum absolute atomic E-state index is 13.4. The van der Waals surface area contributed by atoms with Gasteiger partial charge in [-0.3, -0.25) is 13.9 Å². The van der Waals surface area contributed by atoms with E-state index >= 15 is 0 Å². The molecule has 4 aromatic rings. The number of benzene rings is 2. The second-order valence-electron chi connectivity index (χ2n) is 8.04. The van der Waals surface area contributed by atoms with Gasteiger partial charge in [0, 0.05) is 26.2 Å².